The molecule has 8 heteroatoms. The average Bonchev–Trinajstić information content (AvgIpc) is 3.03. The molecule has 2 heterocycles. The third kappa shape index (κ3) is 5.33. The monoisotopic (exact) mass is 494 g/mol. The third-order valence-corrected chi connectivity index (χ3v) is 7.65. The van der Waals surface area contributed by atoms with Gasteiger partial charge in [0, 0.05) is 31.9 Å². The third-order valence-electron chi connectivity index (χ3n) is 7.65. The molecular weight excluding hydrogens is 459 g/mol. The maximum Gasteiger partial charge on any atom is 0.254 e. The number of nitrogens with one attached hydrogen (secondary N) is 1. The Hall–Kier alpha value is -3.13. The van der Waals surface area contributed by atoms with E-state index in [1.807, 2.05) is 31.7 Å². The van der Waals surface area contributed by atoms with Crippen LogP contribution >= 0.6 is 0 Å². The molecule has 4 rings (SSSR count). The zero-order valence-electron chi connectivity index (χ0n) is 21.2. The minimum Gasteiger partial charge on any atom is -0.380 e. The first-order chi connectivity index (χ1) is 17.1. The molecule has 1 saturated carbocycles. The molecule has 0 spiro atoms. The lowest BCUT2D eigenvalue weighted by Crippen LogP contribution is -2.62. The molecule has 2 amide bonds. The number of piperazine rings is 1. The lowest BCUT2D eigenvalue weighted by molar-refractivity contribution is -0.166. The van der Waals surface area contributed by atoms with Crippen LogP contribution in [0.1, 0.15) is 52.0 Å². The van der Waals surface area contributed by atoms with Gasteiger partial charge in [0.05, 0.1) is 17.3 Å². The number of hydrogen-bond donors (Lipinski definition) is 2. The Bertz CT molecular complexity index is 1120. The molecule has 1 saturated heterocycles. The standard InChI is InChI=1S/C28H35FN4O3/c1-18-5-10-25(19(2)15-24(30)21-6-8-22(29)9-7-21)31-16-23(18)26(34)32-13-14-33(20(3)17-32)27(35)28(36)11-4-12-28/h6-10,15-16,18,20,23,30,36H,4-5,11-14,17H2,1-3H3/b19-15-,30-24?. The summed E-state index contributed by atoms with van der Waals surface area (Å²) in [5.74, 6) is -0.879. The summed E-state index contributed by atoms with van der Waals surface area (Å²) in [6, 6.07) is 5.65. The summed E-state index contributed by atoms with van der Waals surface area (Å²) in [5.41, 5.74) is 1.19. The molecule has 1 aromatic rings. The summed E-state index contributed by atoms with van der Waals surface area (Å²) >= 11 is 0. The van der Waals surface area contributed by atoms with Gasteiger partial charge in [-0.15, -0.1) is 0 Å². The predicted octanol–water partition coefficient (Wildman–Crippen LogP) is 3.72. The fraction of sp³-hybridized carbons (Fsp3) is 0.500. The van der Waals surface area contributed by atoms with Gasteiger partial charge in [0.2, 0.25) is 5.91 Å². The number of aliphatic hydroxyl groups is 1. The maximum atomic E-state index is 13.4. The zero-order valence-corrected chi connectivity index (χ0v) is 21.2. The van der Waals surface area contributed by atoms with Crippen molar-refractivity contribution in [1.82, 2.24) is 9.80 Å². The van der Waals surface area contributed by atoms with Crippen molar-refractivity contribution in [3.63, 3.8) is 0 Å². The number of nitrogens with zero attached hydrogens (tertiary/aromatic N) is 3. The molecule has 192 valence electrons. The van der Waals surface area contributed by atoms with E-state index in [2.05, 4.69) is 4.99 Å². The second kappa shape index (κ2) is 10.5. The van der Waals surface area contributed by atoms with Gasteiger partial charge in [0.15, 0.2) is 0 Å². The smallest absolute Gasteiger partial charge is 0.254 e. The highest BCUT2D eigenvalue weighted by Gasteiger charge is 2.46. The highest BCUT2D eigenvalue weighted by atomic mass is 19.1. The first-order valence-corrected chi connectivity index (χ1v) is 12.7. The van der Waals surface area contributed by atoms with Crippen LogP contribution < -0.4 is 0 Å². The minimum atomic E-state index is -1.22. The van der Waals surface area contributed by atoms with E-state index in [-0.39, 0.29) is 41.2 Å². The van der Waals surface area contributed by atoms with Gasteiger partial charge in [-0.25, -0.2) is 4.39 Å². The van der Waals surface area contributed by atoms with Crippen LogP contribution in [0.5, 0.6) is 0 Å². The van der Waals surface area contributed by atoms with E-state index in [9.17, 15) is 19.1 Å². The van der Waals surface area contributed by atoms with Crippen LogP contribution in [0.15, 0.2) is 52.7 Å². The van der Waals surface area contributed by atoms with Gasteiger partial charge in [0.1, 0.15) is 11.4 Å². The van der Waals surface area contributed by atoms with Gasteiger partial charge in [-0.05, 0) is 86.9 Å². The fourth-order valence-corrected chi connectivity index (χ4v) is 5.04. The van der Waals surface area contributed by atoms with Crippen LogP contribution in [0.2, 0.25) is 0 Å². The molecule has 1 aromatic carbocycles. The molecule has 2 N–H and O–H groups in total. The van der Waals surface area contributed by atoms with E-state index in [4.69, 9.17) is 5.41 Å². The average molecular weight is 495 g/mol. The van der Waals surface area contributed by atoms with Crippen molar-refractivity contribution in [3.05, 3.63) is 59.1 Å². The van der Waals surface area contributed by atoms with E-state index in [0.29, 0.717) is 44.5 Å². The quantitative estimate of drug-likeness (QED) is 0.611. The number of benzene rings is 1. The van der Waals surface area contributed by atoms with E-state index in [1.165, 1.54) is 12.1 Å². The van der Waals surface area contributed by atoms with Crippen molar-refractivity contribution in [1.29, 1.82) is 5.41 Å². The Morgan fingerprint density at radius 3 is 2.50 bits per heavy atom. The molecule has 0 bridgehead atoms. The van der Waals surface area contributed by atoms with E-state index in [0.717, 1.165) is 17.7 Å². The fourth-order valence-electron chi connectivity index (χ4n) is 5.04. The van der Waals surface area contributed by atoms with Crippen LogP contribution in [-0.2, 0) is 9.59 Å². The van der Waals surface area contributed by atoms with Crippen LogP contribution in [-0.4, -0.2) is 69.9 Å². The van der Waals surface area contributed by atoms with Crippen LogP contribution in [0.4, 0.5) is 4.39 Å². The summed E-state index contributed by atoms with van der Waals surface area (Å²) in [4.78, 5) is 34.4. The normalized spacial score (nSPS) is 26.1. The van der Waals surface area contributed by atoms with Crippen LogP contribution in [0.3, 0.4) is 0 Å². The summed E-state index contributed by atoms with van der Waals surface area (Å²) < 4.78 is 13.2. The number of rotatable bonds is 5. The highest BCUT2D eigenvalue weighted by molar-refractivity contribution is 6.07. The summed E-state index contributed by atoms with van der Waals surface area (Å²) in [5, 5.41) is 18.8. The van der Waals surface area contributed by atoms with E-state index in [1.54, 1.807) is 29.3 Å². The number of carbonyl (C=O) groups is 2. The van der Waals surface area contributed by atoms with Gasteiger partial charge < -0.3 is 20.3 Å². The maximum absolute atomic E-state index is 13.4. The van der Waals surface area contributed by atoms with Crippen LogP contribution in [0, 0.1) is 23.1 Å². The first-order valence-electron chi connectivity index (χ1n) is 12.7. The second-order valence-electron chi connectivity index (χ2n) is 10.4. The molecule has 7 nitrogen and oxygen atoms in total. The molecule has 0 radical (unpaired) electrons. The Morgan fingerprint density at radius 1 is 1.19 bits per heavy atom. The largest absolute Gasteiger partial charge is 0.380 e. The molecule has 3 unspecified atom stereocenters. The Balaban J connectivity index is 1.40. The molecule has 36 heavy (non-hydrogen) atoms. The first kappa shape index (κ1) is 25.9. The molecule has 2 fully saturated rings. The van der Waals surface area contributed by atoms with Crippen molar-refractivity contribution in [3.8, 4) is 0 Å². The number of carbonyl (C=O) groups excluding carboxylic acids is 2. The number of aliphatic imine (C=N–C) groups is 1. The Labute approximate surface area is 211 Å². The predicted molar refractivity (Wildman–Crippen MR) is 137 cm³/mol. The molecule has 1 aliphatic carbocycles. The number of halogens is 1. The molecule has 0 aromatic heterocycles. The van der Waals surface area contributed by atoms with Crippen molar-refractivity contribution >= 4 is 23.7 Å². The van der Waals surface area contributed by atoms with Gasteiger partial charge in [-0.1, -0.05) is 13.0 Å². The van der Waals surface area contributed by atoms with E-state index >= 15 is 0 Å². The second-order valence-corrected chi connectivity index (χ2v) is 10.4. The topological polar surface area (TPSA) is 97.1 Å². The number of hydrogen-bond acceptors (Lipinski definition) is 5. The lowest BCUT2D eigenvalue weighted by Gasteiger charge is -2.46. The molecule has 3 atom stereocenters. The van der Waals surface area contributed by atoms with Crippen molar-refractivity contribution in [2.75, 3.05) is 19.6 Å². The molecule has 3 aliphatic rings. The Morgan fingerprint density at radius 2 is 1.89 bits per heavy atom. The molecule has 2 aliphatic heterocycles. The zero-order chi connectivity index (χ0) is 26.0. The summed E-state index contributed by atoms with van der Waals surface area (Å²) in [7, 11) is 0. The lowest BCUT2D eigenvalue weighted by atomic mass is 9.79. The van der Waals surface area contributed by atoms with Crippen molar-refractivity contribution in [2.24, 2.45) is 16.8 Å². The van der Waals surface area contributed by atoms with Crippen molar-refractivity contribution < 1.29 is 19.1 Å². The van der Waals surface area contributed by atoms with Gasteiger partial charge >= 0.3 is 0 Å². The SMILES string of the molecule is C/C(=C/C(=N)c1ccc(F)cc1)C1=CCC(C)C(C(=O)N2CCN(C(=O)C3(O)CCC3)C(C)C2)C=N1. The minimum absolute atomic E-state index is 0.00268. The van der Waals surface area contributed by atoms with Gasteiger partial charge in [-0.2, -0.15) is 0 Å². The van der Waals surface area contributed by atoms with E-state index < -0.39 is 5.60 Å². The van der Waals surface area contributed by atoms with Gasteiger partial charge in [-0.3, -0.25) is 14.6 Å². The number of allylic oxidation sites excluding steroid dienone is 3. The Kier molecular flexibility index (Phi) is 7.54. The van der Waals surface area contributed by atoms with Gasteiger partial charge in [0.25, 0.3) is 5.91 Å². The summed E-state index contributed by atoms with van der Waals surface area (Å²) in [6.07, 6.45) is 7.98. The summed E-state index contributed by atoms with van der Waals surface area (Å²) in [6.45, 7) is 7.13. The number of amides is 2. The highest BCUT2D eigenvalue weighted by Crippen LogP contribution is 2.34. The van der Waals surface area contributed by atoms with Crippen LogP contribution in [0.25, 0.3) is 0 Å². The van der Waals surface area contributed by atoms with Crippen molar-refractivity contribution in [2.45, 2.75) is 58.1 Å². The molecular formula is C28H35FN4O3.